The molecular weight excluding hydrogens is 466 g/mol. The summed E-state index contributed by atoms with van der Waals surface area (Å²) < 4.78 is 7.97. The Bertz CT molecular complexity index is 1310. The summed E-state index contributed by atoms with van der Waals surface area (Å²) in [5, 5.41) is 4.29. The first-order valence-electron chi connectivity index (χ1n) is 13.3. The molecule has 2 fully saturated rings. The minimum absolute atomic E-state index is 0.0954. The van der Waals surface area contributed by atoms with Gasteiger partial charge >= 0.3 is 0 Å². The minimum atomic E-state index is 0.0954. The van der Waals surface area contributed by atoms with E-state index in [0.717, 1.165) is 103 Å². The lowest BCUT2D eigenvalue weighted by molar-refractivity contribution is -0.133. The number of amides is 1. The molecule has 0 unspecified atom stereocenters. The van der Waals surface area contributed by atoms with Crippen LogP contribution in [0.5, 0.6) is 0 Å². The average molecular weight is 506 g/mol. The van der Waals surface area contributed by atoms with Crippen molar-refractivity contribution in [3.8, 4) is 0 Å². The number of carbonyl (C=O) groups is 1. The van der Waals surface area contributed by atoms with Crippen molar-refractivity contribution in [1.29, 1.82) is 0 Å². The lowest BCUT2D eigenvalue weighted by Gasteiger charge is -2.33. The molecular formula is C28H39N7O2. The smallest absolute Gasteiger partial charge is 0.225 e. The number of piperidine rings is 1. The van der Waals surface area contributed by atoms with E-state index < -0.39 is 0 Å². The molecule has 5 heterocycles. The quantitative estimate of drug-likeness (QED) is 0.531. The highest BCUT2D eigenvalue weighted by atomic mass is 16.5. The maximum Gasteiger partial charge on any atom is 0.225 e. The molecule has 0 saturated carbocycles. The molecule has 37 heavy (non-hydrogen) atoms. The van der Waals surface area contributed by atoms with Crippen molar-refractivity contribution in [3.05, 3.63) is 35.7 Å². The van der Waals surface area contributed by atoms with Crippen molar-refractivity contribution in [2.75, 3.05) is 52.3 Å². The summed E-state index contributed by atoms with van der Waals surface area (Å²) in [4.78, 5) is 26.6. The second-order valence-corrected chi connectivity index (χ2v) is 10.6. The third-order valence-electron chi connectivity index (χ3n) is 7.85. The van der Waals surface area contributed by atoms with Gasteiger partial charge in [0.25, 0.3) is 0 Å². The van der Waals surface area contributed by atoms with E-state index in [1.165, 1.54) is 0 Å². The van der Waals surface area contributed by atoms with Crippen molar-refractivity contribution in [1.82, 2.24) is 24.8 Å². The largest absolute Gasteiger partial charge is 0.401 e. The van der Waals surface area contributed by atoms with Crippen molar-refractivity contribution in [2.45, 2.75) is 39.2 Å². The number of carbonyl (C=O) groups excluding carboxylic acids is 1. The fraction of sp³-hybridized carbons (Fsp3) is 0.536. The van der Waals surface area contributed by atoms with Gasteiger partial charge in [0, 0.05) is 82.8 Å². The van der Waals surface area contributed by atoms with Crippen LogP contribution in [-0.2, 0) is 16.1 Å². The predicted molar refractivity (Wildman–Crippen MR) is 148 cm³/mol. The van der Waals surface area contributed by atoms with E-state index in [4.69, 9.17) is 20.4 Å². The van der Waals surface area contributed by atoms with Crippen LogP contribution in [0.3, 0.4) is 0 Å². The van der Waals surface area contributed by atoms with Gasteiger partial charge in [-0.3, -0.25) is 9.78 Å². The van der Waals surface area contributed by atoms with Gasteiger partial charge in [-0.25, -0.2) is 4.98 Å². The van der Waals surface area contributed by atoms with E-state index in [1.54, 1.807) is 4.90 Å². The number of ether oxygens (including phenoxy) is 1. The third-order valence-corrected chi connectivity index (χ3v) is 7.85. The van der Waals surface area contributed by atoms with Gasteiger partial charge in [0.05, 0.1) is 16.7 Å². The summed E-state index contributed by atoms with van der Waals surface area (Å²) in [6.45, 7) is 6.06. The number of nitrogens with zero attached hydrogens (tertiary/aromatic N) is 5. The predicted octanol–water partition coefficient (Wildman–Crippen LogP) is 3.18. The van der Waals surface area contributed by atoms with E-state index in [1.807, 2.05) is 34.3 Å². The highest BCUT2D eigenvalue weighted by Crippen LogP contribution is 2.33. The molecule has 5 rings (SSSR count). The fourth-order valence-electron chi connectivity index (χ4n) is 5.78. The van der Waals surface area contributed by atoms with Crippen LogP contribution in [-0.4, -0.2) is 72.8 Å². The van der Waals surface area contributed by atoms with Gasteiger partial charge in [0.15, 0.2) is 0 Å². The summed E-state index contributed by atoms with van der Waals surface area (Å²) in [6.07, 6.45) is 5.69. The minimum Gasteiger partial charge on any atom is -0.401 e. The van der Waals surface area contributed by atoms with Crippen LogP contribution in [0.1, 0.15) is 38.2 Å². The summed E-state index contributed by atoms with van der Waals surface area (Å²) in [7, 11) is 5.56. The Labute approximate surface area is 218 Å². The zero-order valence-electron chi connectivity index (χ0n) is 22.5. The second kappa shape index (κ2) is 10.6. The van der Waals surface area contributed by atoms with E-state index in [9.17, 15) is 4.79 Å². The first-order valence-corrected chi connectivity index (χ1v) is 13.3. The Morgan fingerprint density at radius 1 is 1.19 bits per heavy atom. The number of fused-ring (bicyclic) bond motifs is 3. The first kappa shape index (κ1) is 25.3. The van der Waals surface area contributed by atoms with E-state index in [-0.39, 0.29) is 11.8 Å². The molecule has 9 nitrogen and oxygen atoms in total. The van der Waals surface area contributed by atoms with Crippen molar-refractivity contribution >= 4 is 39.5 Å². The molecule has 0 spiro atoms. The van der Waals surface area contributed by atoms with Crippen LogP contribution in [0.15, 0.2) is 30.1 Å². The first-order chi connectivity index (χ1) is 17.9. The van der Waals surface area contributed by atoms with Gasteiger partial charge < -0.3 is 30.2 Å². The molecule has 2 saturated heterocycles. The van der Waals surface area contributed by atoms with Gasteiger partial charge in [-0.15, -0.1) is 0 Å². The van der Waals surface area contributed by atoms with Gasteiger partial charge in [-0.1, -0.05) is 0 Å². The van der Waals surface area contributed by atoms with Crippen LogP contribution in [0.2, 0.25) is 0 Å². The highest BCUT2D eigenvalue weighted by molar-refractivity contribution is 6.05. The van der Waals surface area contributed by atoms with E-state index in [2.05, 4.69) is 33.0 Å². The Hall–Kier alpha value is -3.33. The number of hydrogen-bond acceptors (Lipinski definition) is 7. The number of pyridine rings is 2. The number of aromatic nitrogens is 3. The Morgan fingerprint density at radius 3 is 2.57 bits per heavy atom. The Balaban J connectivity index is 1.54. The molecule has 1 amide bonds. The zero-order chi connectivity index (χ0) is 26.1. The second-order valence-electron chi connectivity index (χ2n) is 10.6. The summed E-state index contributed by atoms with van der Waals surface area (Å²) >= 11 is 0. The van der Waals surface area contributed by atoms with Crippen molar-refractivity contribution in [3.63, 3.8) is 0 Å². The van der Waals surface area contributed by atoms with Crippen molar-refractivity contribution < 1.29 is 9.53 Å². The molecule has 198 valence electrons. The lowest BCUT2D eigenvalue weighted by Crippen LogP contribution is -2.40. The van der Waals surface area contributed by atoms with Gasteiger partial charge in [0.1, 0.15) is 11.5 Å². The number of nitrogens with one attached hydrogen (secondary N) is 1. The summed E-state index contributed by atoms with van der Waals surface area (Å²) in [5.41, 5.74) is 11.8. The van der Waals surface area contributed by atoms with Crippen molar-refractivity contribution in [2.24, 2.45) is 17.6 Å². The van der Waals surface area contributed by atoms with Crippen LogP contribution >= 0.6 is 0 Å². The normalized spacial score (nSPS) is 18.3. The topological polar surface area (TPSA) is 102 Å². The number of anilines is 1. The number of rotatable bonds is 6. The maximum atomic E-state index is 12.4. The van der Waals surface area contributed by atoms with Gasteiger partial charge in [0.2, 0.25) is 5.91 Å². The monoisotopic (exact) mass is 505 g/mol. The van der Waals surface area contributed by atoms with Crippen LogP contribution in [0.25, 0.3) is 27.8 Å². The van der Waals surface area contributed by atoms with Gasteiger partial charge in [-0.05, 0) is 56.7 Å². The standard InChI is InChI=1S/C28H39N7O2/c1-18(29)25(30-2)21-15-23-26(31-16-21)22-5-6-24(34-11-7-20(8-12-34)28(36)33(3)4)32-27(22)35(23)17-19-9-13-37-14-10-19/h5-6,15-16,19-20,30H,7-14,17,29H2,1-4H3/b25-18-. The van der Waals surface area contributed by atoms with E-state index in [0.29, 0.717) is 5.92 Å². The van der Waals surface area contributed by atoms with Gasteiger partial charge in [-0.2, -0.15) is 0 Å². The molecule has 3 aromatic rings. The lowest BCUT2D eigenvalue weighted by atomic mass is 9.95. The van der Waals surface area contributed by atoms with Crippen LogP contribution in [0, 0.1) is 11.8 Å². The molecule has 0 bridgehead atoms. The third kappa shape index (κ3) is 4.97. The zero-order valence-corrected chi connectivity index (χ0v) is 22.5. The van der Waals surface area contributed by atoms with E-state index >= 15 is 0 Å². The maximum absolute atomic E-state index is 12.4. The number of nitrogens with two attached hydrogens (primary N) is 1. The van der Waals surface area contributed by atoms with Crippen LogP contribution in [0.4, 0.5) is 5.82 Å². The SMILES string of the molecule is CN/C(=C(/C)N)c1cnc2c3ccc(N4CCC(C(=O)N(C)C)CC4)nc3n(CC3CCOCC3)c2c1. The average Bonchev–Trinajstić information content (AvgIpc) is 3.21. The molecule has 9 heteroatoms. The molecule has 0 aromatic carbocycles. The summed E-state index contributed by atoms with van der Waals surface area (Å²) in [5.74, 6) is 1.82. The molecule has 0 aliphatic carbocycles. The highest BCUT2D eigenvalue weighted by Gasteiger charge is 2.27. The number of allylic oxidation sites excluding steroid dienone is 1. The Kier molecular flexibility index (Phi) is 7.24. The Morgan fingerprint density at radius 2 is 1.92 bits per heavy atom. The molecule has 0 atom stereocenters. The molecule has 0 radical (unpaired) electrons. The molecule has 2 aliphatic heterocycles. The fourth-order valence-corrected chi connectivity index (χ4v) is 5.78. The molecule has 2 aliphatic rings. The number of hydrogen-bond donors (Lipinski definition) is 2. The van der Waals surface area contributed by atoms with Crippen LogP contribution < -0.4 is 16.0 Å². The molecule has 3 aromatic heterocycles. The summed E-state index contributed by atoms with van der Waals surface area (Å²) in [6, 6.07) is 6.45. The molecule has 3 N–H and O–H groups in total.